The number of nitrogens with one attached hydrogen (secondary N) is 1. The van der Waals surface area contributed by atoms with Gasteiger partial charge in [0, 0.05) is 41.6 Å². The number of amides is 1. The van der Waals surface area contributed by atoms with Crippen LogP contribution in [0.25, 0.3) is 11.0 Å². The SMILES string of the molecule is CCC(=O)Nc1ccc2oc3c(c2c1)C(C)N(C)CC3C. The van der Waals surface area contributed by atoms with E-state index in [-0.39, 0.29) is 5.91 Å². The van der Waals surface area contributed by atoms with Crippen LogP contribution in [0.4, 0.5) is 5.69 Å². The van der Waals surface area contributed by atoms with Gasteiger partial charge < -0.3 is 9.73 Å². The summed E-state index contributed by atoms with van der Waals surface area (Å²) in [6, 6.07) is 6.23. The molecule has 1 amide bonds. The zero-order valence-corrected chi connectivity index (χ0v) is 13.1. The summed E-state index contributed by atoms with van der Waals surface area (Å²) in [6.45, 7) is 7.26. The van der Waals surface area contributed by atoms with Crippen LogP contribution >= 0.6 is 0 Å². The number of furan rings is 1. The van der Waals surface area contributed by atoms with E-state index in [0.717, 1.165) is 29.0 Å². The zero-order chi connectivity index (χ0) is 15.1. The Morgan fingerprint density at radius 3 is 2.90 bits per heavy atom. The molecule has 21 heavy (non-hydrogen) atoms. The fourth-order valence-electron chi connectivity index (χ4n) is 3.15. The van der Waals surface area contributed by atoms with Crippen molar-refractivity contribution in [3.8, 4) is 0 Å². The fourth-order valence-corrected chi connectivity index (χ4v) is 3.15. The monoisotopic (exact) mass is 286 g/mol. The van der Waals surface area contributed by atoms with Gasteiger partial charge in [0.2, 0.25) is 5.91 Å². The Hall–Kier alpha value is -1.81. The number of benzene rings is 1. The molecule has 0 saturated carbocycles. The standard InChI is InChI=1S/C17H22N2O2/c1-5-15(20)18-12-6-7-14-13(8-12)16-11(3)19(4)9-10(2)17(16)21-14/h6-8,10-11H,5,9H2,1-4H3,(H,18,20). The lowest BCUT2D eigenvalue weighted by atomic mass is 9.92. The largest absolute Gasteiger partial charge is 0.460 e. The van der Waals surface area contributed by atoms with E-state index in [1.807, 2.05) is 25.1 Å². The van der Waals surface area contributed by atoms with Crippen LogP contribution in [-0.2, 0) is 4.79 Å². The minimum absolute atomic E-state index is 0.0326. The van der Waals surface area contributed by atoms with Crippen molar-refractivity contribution >= 4 is 22.6 Å². The Morgan fingerprint density at radius 2 is 2.19 bits per heavy atom. The van der Waals surface area contributed by atoms with Gasteiger partial charge in [-0.15, -0.1) is 0 Å². The van der Waals surface area contributed by atoms with Gasteiger partial charge >= 0.3 is 0 Å². The molecule has 1 aromatic heterocycles. The van der Waals surface area contributed by atoms with E-state index in [1.54, 1.807) is 0 Å². The van der Waals surface area contributed by atoms with Gasteiger partial charge in [-0.25, -0.2) is 0 Å². The number of fused-ring (bicyclic) bond motifs is 3. The molecule has 1 aliphatic heterocycles. The maximum absolute atomic E-state index is 11.6. The van der Waals surface area contributed by atoms with Crippen LogP contribution in [0.1, 0.15) is 50.5 Å². The first kappa shape index (κ1) is 14.1. The average molecular weight is 286 g/mol. The van der Waals surface area contributed by atoms with Crippen LogP contribution in [0.15, 0.2) is 22.6 Å². The highest BCUT2D eigenvalue weighted by Gasteiger charge is 2.31. The number of anilines is 1. The molecule has 3 rings (SSSR count). The predicted octanol–water partition coefficient (Wildman–Crippen LogP) is 3.89. The summed E-state index contributed by atoms with van der Waals surface area (Å²) in [6.07, 6.45) is 0.484. The van der Waals surface area contributed by atoms with Crippen molar-refractivity contribution in [2.24, 2.45) is 0 Å². The van der Waals surface area contributed by atoms with Crippen molar-refractivity contribution in [3.63, 3.8) is 0 Å². The maximum atomic E-state index is 11.6. The molecule has 1 N–H and O–H groups in total. The lowest BCUT2D eigenvalue weighted by Gasteiger charge is -2.33. The number of rotatable bonds is 2. The van der Waals surface area contributed by atoms with E-state index >= 15 is 0 Å². The van der Waals surface area contributed by atoms with Gasteiger partial charge in [-0.3, -0.25) is 9.69 Å². The first-order valence-electron chi connectivity index (χ1n) is 7.57. The molecule has 1 aromatic carbocycles. The quantitative estimate of drug-likeness (QED) is 0.911. The molecular weight excluding hydrogens is 264 g/mol. The molecule has 0 saturated heterocycles. The third-order valence-electron chi connectivity index (χ3n) is 4.45. The smallest absolute Gasteiger partial charge is 0.224 e. The maximum Gasteiger partial charge on any atom is 0.224 e. The Labute approximate surface area is 125 Å². The molecule has 0 fully saturated rings. The van der Waals surface area contributed by atoms with E-state index < -0.39 is 0 Å². The van der Waals surface area contributed by atoms with Gasteiger partial charge in [0.25, 0.3) is 0 Å². The first-order chi connectivity index (χ1) is 10.0. The Balaban J connectivity index is 2.11. The van der Waals surface area contributed by atoms with Gasteiger partial charge in [0.05, 0.1) is 0 Å². The zero-order valence-electron chi connectivity index (χ0n) is 13.1. The van der Waals surface area contributed by atoms with Crippen LogP contribution in [0.2, 0.25) is 0 Å². The number of carbonyl (C=O) groups is 1. The van der Waals surface area contributed by atoms with Crippen LogP contribution in [0, 0.1) is 0 Å². The first-order valence-corrected chi connectivity index (χ1v) is 7.57. The third-order valence-corrected chi connectivity index (χ3v) is 4.45. The topological polar surface area (TPSA) is 45.5 Å². The number of hydrogen-bond donors (Lipinski definition) is 1. The summed E-state index contributed by atoms with van der Waals surface area (Å²) in [4.78, 5) is 13.9. The minimum Gasteiger partial charge on any atom is -0.460 e. The van der Waals surface area contributed by atoms with Gasteiger partial charge in [0.1, 0.15) is 11.3 Å². The normalized spacial score (nSPS) is 22.3. The molecule has 0 aliphatic carbocycles. The summed E-state index contributed by atoms with van der Waals surface area (Å²) in [5, 5.41) is 4.04. The molecule has 0 spiro atoms. The van der Waals surface area contributed by atoms with E-state index in [0.29, 0.717) is 18.4 Å². The molecular formula is C17H22N2O2. The average Bonchev–Trinajstić information content (AvgIpc) is 2.84. The van der Waals surface area contributed by atoms with Gasteiger partial charge in [-0.1, -0.05) is 13.8 Å². The van der Waals surface area contributed by atoms with Crippen LogP contribution < -0.4 is 5.32 Å². The predicted molar refractivity (Wildman–Crippen MR) is 84.6 cm³/mol. The molecule has 2 unspecified atom stereocenters. The number of hydrogen-bond acceptors (Lipinski definition) is 3. The van der Waals surface area contributed by atoms with Crippen LogP contribution in [-0.4, -0.2) is 24.4 Å². The Bertz CT molecular complexity index is 689. The van der Waals surface area contributed by atoms with Crippen LogP contribution in [0.3, 0.4) is 0 Å². The number of likely N-dealkylation sites (N-methyl/N-ethyl adjacent to an activating group) is 1. The summed E-state index contributed by atoms with van der Waals surface area (Å²) in [5.74, 6) is 1.52. The highest BCUT2D eigenvalue weighted by molar-refractivity contribution is 5.94. The van der Waals surface area contributed by atoms with Crippen molar-refractivity contribution in [1.29, 1.82) is 0 Å². The number of carbonyl (C=O) groups excluding carboxylic acids is 1. The Kier molecular flexibility index (Phi) is 3.49. The van der Waals surface area contributed by atoms with Crippen molar-refractivity contribution in [1.82, 2.24) is 4.90 Å². The highest BCUT2D eigenvalue weighted by Crippen LogP contribution is 2.42. The summed E-state index contributed by atoms with van der Waals surface area (Å²) in [5.41, 5.74) is 3.01. The summed E-state index contributed by atoms with van der Waals surface area (Å²) >= 11 is 0. The molecule has 4 nitrogen and oxygen atoms in total. The van der Waals surface area contributed by atoms with Crippen molar-refractivity contribution in [2.45, 2.75) is 39.2 Å². The second-order valence-corrected chi connectivity index (χ2v) is 6.01. The van der Waals surface area contributed by atoms with Gasteiger partial charge in [-0.2, -0.15) is 0 Å². The second-order valence-electron chi connectivity index (χ2n) is 6.01. The van der Waals surface area contributed by atoms with Crippen molar-refractivity contribution < 1.29 is 9.21 Å². The number of nitrogens with zero attached hydrogens (tertiary/aromatic N) is 1. The van der Waals surface area contributed by atoms with E-state index in [1.165, 1.54) is 5.56 Å². The van der Waals surface area contributed by atoms with Crippen molar-refractivity contribution in [3.05, 3.63) is 29.5 Å². The highest BCUT2D eigenvalue weighted by atomic mass is 16.3. The molecule has 112 valence electrons. The fraction of sp³-hybridized carbons (Fsp3) is 0.471. The Morgan fingerprint density at radius 1 is 1.43 bits per heavy atom. The lowest BCUT2D eigenvalue weighted by Crippen LogP contribution is -2.31. The van der Waals surface area contributed by atoms with E-state index in [9.17, 15) is 4.79 Å². The van der Waals surface area contributed by atoms with Crippen LogP contribution in [0.5, 0.6) is 0 Å². The van der Waals surface area contributed by atoms with E-state index in [4.69, 9.17) is 4.42 Å². The molecule has 1 aliphatic rings. The molecule has 2 atom stereocenters. The molecule has 4 heteroatoms. The lowest BCUT2D eigenvalue weighted by molar-refractivity contribution is -0.115. The van der Waals surface area contributed by atoms with Crippen molar-refractivity contribution in [2.75, 3.05) is 18.9 Å². The molecule has 2 aromatic rings. The second kappa shape index (κ2) is 5.19. The minimum atomic E-state index is 0.0326. The van der Waals surface area contributed by atoms with Gasteiger partial charge in [0.15, 0.2) is 0 Å². The van der Waals surface area contributed by atoms with E-state index in [2.05, 4.69) is 31.1 Å². The third kappa shape index (κ3) is 2.33. The molecule has 0 radical (unpaired) electrons. The summed E-state index contributed by atoms with van der Waals surface area (Å²) in [7, 11) is 2.14. The summed E-state index contributed by atoms with van der Waals surface area (Å²) < 4.78 is 6.07. The molecule has 2 heterocycles. The van der Waals surface area contributed by atoms with Gasteiger partial charge in [-0.05, 0) is 32.2 Å². The molecule has 0 bridgehead atoms.